The van der Waals surface area contributed by atoms with E-state index in [0.29, 0.717) is 30.1 Å². The molecule has 1 N–H and O–H groups in total. The third-order valence-electron chi connectivity index (χ3n) is 8.23. The number of hydrogen-bond donors (Lipinski definition) is 1. The van der Waals surface area contributed by atoms with Crippen LogP contribution < -0.4 is 9.80 Å². The van der Waals surface area contributed by atoms with E-state index in [2.05, 4.69) is 29.1 Å². The summed E-state index contributed by atoms with van der Waals surface area (Å²) in [5, 5.41) is 10.0. The van der Waals surface area contributed by atoms with Gasteiger partial charge in [-0.2, -0.15) is 0 Å². The highest BCUT2D eigenvalue weighted by Gasteiger charge is 2.76. The Balaban J connectivity index is 1.57. The summed E-state index contributed by atoms with van der Waals surface area (Å²) in [6.45, 7) is 8.37. The number of aliphatic hydroxyl groups is 1. The summed E-state index contributed by atoms with van der Waals surface area (Å²) in [5.41, 5.74) is 1.39. The molecule has 0 aromatic heterocycles. The third-order valence-corrected chi connectivity index (χ3v) is 11.7. The van der Waals surface area contributed by atoms with Crippen LogP contribution in [0.4, 0.5) is 11.4 Å². The summed E-state index contributed by atoms with van der Waals surface area (Å²) in [6, 6.07) is 15.6. The molecule has 3 unspecified atom stereocenters. The van der Waals surface area contributed by atoms with Gasteiger partial charge in [0, 0.05) is 52.7 Å². The minimum Gasteiger partial charge on any atom is -0.396 e. The van der Waals surface area contributed by atoms with Crippen molar-refractivity contribution in [2.24, 2.45) is 11.8 Å². The van der Waals surface area contributed by atoms with E-state index in [9.17, 15) is 19.5 Å². The van der Waals surface area contributed by atoms with Crippen LogP contribution >= 0.6 is 39.3 Å². The zero-order valence-electron chi connectivity index (χ0n) is 22.6. The number of benzene rings is 2. The normalized spacial score (nSPS) is 27.9. The summed E-state index contributed by atoms with van der Waals surface area (Å²) in [5.74, 6) is -1.87. The van der Waals surface area contributed by atoms with E-state index in [1.165, 1.54) is 0 Å². The van der Waals surface area contributed by atoms with Crippen molar-refractivity contribution in [1.29, 1.82) is 0 Å². The molecular formula is C31H33BrClN3O4S. The molecule has 3 saturated heterocycles. The van der Waals surface area contributed by atoms with Crippen LogP contribution in [-0.2, 0) is 14.4 Å². The van der Waals surface area contributed by atoms with Gasteiger partial charge in [-0.15, -0.1) is 24.9 Å². The van der Waals surface area contributed by atoms with Gasteiger partial charge in [0.1, 0.15) is 6.04 Å². The van der Waals surface area contributed by atoms with Crippen molar-refractivity contribution in [2.75, 3.05) is 36.0 Å². The molecule has 0 aliphatic carbocycles. The molecule has 3 aliphatic heterocycles. The minimum atomic E-state index is -0.806. The Morgan fingerprint density at radius 3 is 2.27 bits per heavy atom. The molecule has 7 nitrogen and oxygen atoms in total. The topological polar surface area (TPSA) is 81.2 Å². The Kier molecular flexibility index (Phi) is 8.99. The maximum atomic E-state index is 14.6. The van der Waals surface area contributed by atoms with E-state index in [1.807, 2.05) is 30.3 Å². The molecule has 0 saturated carbocycles. The lowest BCUT2D eigenvalue weighted by Gasteiger charge is -2.38. The molecule has 6 atom stereocenters. The number of likely N-dealkylation sites (tertiary alicyclic amines) is 1. The minimum absolute atomic E-state index is 0.0525. The van der Waals surface area contributed by atoms with Crippen LogP contribution in [0.25, 0.3) is 0 Å². The van der Waals surface area contributed by atoms with E-state index in [-0.39, 0.29) is 47.5 Å². The van der Waals surface area contributed by atoms with Gasteiger partial charge in [-0.25, -0.2) is 0 Å². The van der Waals surface area contributed by atoms with Crippen molar-refractivity contribution in [3.8, 4) is 0 Å². The molecule has 3 aliphatic rings. The maximum Gasteiger partial charge on any atom is 0.251 e. The monoisotopic (exact) mass is 657 g/mol. The lowest BCUT2D eigenvalue weighted by atomic mass is 9.70. The van der Waals surface area contributed by atoms with Crippen LogP contribution in [0.3, 0.4) is 0 Å². The van der Waals surface area contributed by atoms with Crippen LogP contribution in [0.5, 0.6) is 0 Å². The first-order chi connectivity index (χ1) is 19.8. The van der Waals surface area contributed by atoms with Crippen molar-refractivity contribution < 1.29 is 19.5 Å². The standard InChI is InChI=1S/C31H33BrClN3O4S/c1-3-15-34(21-9-6-5-7-10-21)28(38)24-25-29(39)36(17-8-18-37)27(31(25)19-23(32)26(24)41-31)30(40)35(16-4-2)22-13-11-20(33)12-14-22/h3-7,9-14,23-27,37H,1-2,8,15-19H2/t23?,24-,25-,26-,27?,31?/m0/s1. The number of fused-ring (bicyclic) bond motifs is 1. The zero-order chi connectivity index (χ0) is 29.3. The molecule has 41 heavy (non-hydrogen) atoms. The Hall–Kier alpha value is -2.59. The van der Waals surface area contributed by atoms with Gasteiger partial charge in [0.25, 0.3) is 5.91 Å². The quantitative estimate of drug-likeness (QED) is 0.274. The Morgan fingerprint density at radius 2 is 1.66 bits per heavy atom. The fourth-order valence-electron chi connectivity index (χ4n) is 6.63. The van der Waals surface area contributed by atoms with Crippen LogP contribution in [-0.4, -0.2) is 74.8 Å². The number of thioether (sulfide) groups is 1. The highest BCUT2D eigenvalue weighted by molar-refractivity contribution is 9.09. The summed E-state index contributed by atoms with van der Waals surface area (Å²) in [4.78, 5) is 48.1. The Labute approximate surface area is 258 Å². The van der Waals surface area contributed by atoms with Gasteiger partial charge < -0.3 is 19.8 Å². The largest absolute Gasteiger partial charge is 0.396 e. The van der Waals surface area contributed by atoms with Crippen LogP contribution in [0.1, 0.15) is 12.8 Å². The first-order valence-corrected chi connectivity index (χ1v) is 15.8. The average molecular weight is 659 g/mol. The molecule has 3 heterocycles. The van der Waals surface area contributed by atoms with Gasteiger partial charge in [-0.05, 0) is 49.2 Å². The van der Waals surface area contributed by atoms with Gasteiger partial charge in [0.05, 0.1) is 16.6 Å². The molecule has 1 spiro atoms. The molecular weight excluding hydrogens is 626 g/mol. The molecule has 10 heteroatoms. The number of nitrogens with zero attached hydrogens (tertiary/aromatic N) is 3. The predicted molar refractivity (Wildman–Crippen MR) is 169 cm³/mol. The summed E-state index contributed by atoms with van der Waals surface area (Å²) in [7, 11) is 0. The van der Waals surface area contributed by atoms with Crippen molar-refractivity contribution in [3.63, 3.8) is 0 Å². The summed E-state index contributed by atoms with van der Waals surface area (Å²) in [6.07, 6.45) is 4.24. The second-order valence-corrected chi connectivity index (χ2v) is 13.7. The van der Waals surface area contributed by atoms with Gasteiger partial charge >= 0.3 is 0 Å². The lowest BCUT2D eigenvalue weighted by molar-refractivity contribution is -0.139. The van der Waals surface area contributed by atoms with Crippen molar-refractivity contribution in [3.05, 3.63) is 84.9 Å². The van der Waals surface area contributed by atoms with Crippen LogP contribution in [0, 0.1) is 11.8 Å². The second kappa shape index (κ2) is 12.3. The number of hydrogen-bond acceptors (Lipinski definition) is 5. The first-order valence-electron chi connectivity index (χ1n) is 13.7. The Morgan fingerprint density at radius 1 is 1.05 bits per heavy atom. The Bertz CT molecular complexity index is 1330. The number of carbonyl (C=O) groups excluding carboxylic acids is 3. The maximum absolute atomic E-state index is 14.6. The van der Waals surface area contributed by atoms with Crippen molar-refractivity contribution in [2.45, 2.75) is 33.7 Å². The van der Waals surface area contributed by atoms with E-state index < -0.39 is 22.6 Å². The predicted octanol–water partition coefficient (Wildman–Crippen LogP) is 4.93. The fraction of sp³-hybridized carbons (Fsp3) is 0.387. The summed E-state index contributed by atoms with van der Waals surface area (Å²) >= 11 is 11.6. The van der Waals surface area contributed by atoms with E-state index in [0.717, 1.165) is 5.69 Å². The van der Waals surface area contributed by atoms with Gasteiger partial charge in [0.2, 0.25) is 11.8 Å². The number of anilines is 2. The zero-order valence-corrected chi connectivity index (χ0v) is 25.7. The number of halogens is 2. The molecule has 5 rings (SSSR count). The van der Waals surface area contributed by atoms with Gasteiger partial charge in [-0.1, -0.05) is 57.9 Å². The number of rotatable bonds is 11. The molecule has 216 valence electrons. The van der Waals surface area contributed by atoms with Gasteiger partial charge in [0.15, 0.2) is 0 Å². The molecule has 2 aromatic carbocycles. The number of carbonyl (C=O) groups is 3. The van der Waals surface area contributed by atoms with Crippen LogP contribution in [0.2, 0.25) is 5.02 Å². The number of para-hydroxylation sites is 1. The first kappa shape index (κ1) is 29.9. The van der Waals surface area contributed by atoms with Gasteiger partial charge in [-0.3, -0.25) is 14.4 Å². The van der Waals surface area contributed by atoms with Crippen molar-refractivity contribution >= 4 is 68.4 Å². The fourth-order valence-corrected chi connectivity index (χ4v) is 10.4. The van der Waals surface area contributed by atoms with E-state index >= 15 is 0 Å². The highest BCUT2D eigenvalue weighted by atomic mass is 79.9. The van der Waals surface area contributed by atoms with Crippen molar-refractivity contribution in [1.82, 2.24) is 4.90 Å². The van der Waals surface area contributed by atoms with E-state index in [1.54, 1.807) is 62.9 Å². The molecule has 3 amide bonds. The second-order valence-electron chi connectivity index (χ2n) is 10.6. The summed E-state index contributed by atoms with van der Waals surface area (Å²) < 4.78 is -0.800. The third kappa shape index (κ3) is 5.15. The number of aliphatic hydroxyl groups excluding tert-OH is 1. The highest BCUT2D eigenvalue weighted by Crippen LogP contribution is 2.68. The van der Waals surface area contributed by atoms with Crippen LogP contribution in [0.15, 0.2) is 79.9 Å². The van der Waals surface area contributed by atoms with E-state index in [4.69, 9.17) is 11.6 Å². The number of alkyl halides is 1. The smallest absolute Gasteiger partial charge is 0.251 e. The molecule has 2 aromatic rings. The lowest BCUT2D eigenvalue weighted by Crippen LogP contribution is -2.56. The SMILES string of the molecule is C=CCN(C(=O)C1N(CCCO)C(=O)[C@@H]2[C@H](C(=O)N(CC=C)c3ccccc3)[C@H]3SC12CC3Br)c1ccc(Cl)cc1. The molecule has 3 fully saturated rings. The molecule has 0 radical (unpaired) electrons. The average Bonchev–Trinajstić information content (AvgIpc) is 3.57. The number of amides is 3. The molecule has 2 bridgehead atoms.